The SMILES string of the molecule is CCOc1ncccc1C(=O)N1CCC[C@@H]1C(=O)OC. The second-order valence-corrected chi connectivity index (χ2v) is 4.47. The zero-order valence-corrected chi connectivity index (χ0v) is 11.7. The minimum atomic E-state index is -0.512. The van der Waals surface area contributed by atoms with Crippen molar-refractivity contribution in [2.45, 2.75) is 25.8 Å². The van der Waals surface area contributed by atoms with Crippen LogP contribution in [-0.2, 0) is 9.53 Å². The van der Waals surface area contributed by atoms with Crippen molar-refractivity contribution in [1.29, 1.82) is 0 Å². The molecule has 0 bridgehead atoms. The Hall–Kier alpha value is -2.11. The lowest BCUT2D eigenvalue weighted by Crippen LogP contribution is -2.41. The standard InChI is InChI=1S/C14H18N2O4/c1-3-20-12-10(6-4-8-15-12)13(17)16-9-5-7-11(16)14(18)19-2/h4,6,8,11H,3,5,7,9H2,1-2H3/t11-/m1/s1. The van der Waals surface area contributed by atoms with Gasteiger partial charge in [-0.05, 0) is 31.9 Å². The fourth-order valence-corrected chi connectivity index (χ4v) is 2.35. The van der Waals surface area contributed by atoms with Crippen LogP contribution in [0.5, 0.6) is 5.88 Å². The van der Waals surface area contributed by atoms with Crippen LogP contribution in [0.3, 0.4) is 0 Å². The fraction of sp³-hybridized carbons (Fsp3) is 0.500. The van der Waals surface area contributed by atoms with E-state index in [4.69, 9.17) is 9.47 Å². The van der Waals surface area contributed by atoms with Crippen LogP contribution in [0.25, 0.3) is 0 Å². The molecular formula is C14H18N2O4. The topological polar surface area (TPSA) is 68.7 Å². The molecule has 108 valence electrons. The van der Waals surface area contributed by atoms with Gasteiger partial charge in [-0.1, -0.05) is 0 Å². The first kappa shape index (κ1) is 14.3. The number of carbonyl (C=O) groups is 2. The number of hydrogen-bond acceptors (Lipinski definition) is 5. The molecule has 0 aromatic carbocycles. The van der Waals surface area contributed by atoms with Gasteiger partial charge in [0.1, 0.15) is 11.6 Å². The van der Waals surface area contributed by atoms with E-state index < -0.39 is 6.04 Å². The molecule has 1 amide bonds. The highest BCUT2D eigenvalue weighted by Gasteiger charge is 2.36. The molecule has 0 spiro atoms. The Bertz CT molecular complexity index is 504. The van der Waals surface area contributed by atoms with Crippen molar-refractivity contribution in [2.75, 3.05) is 20.3 Å². The average Bonchev–Trinajstić information content (AvgIpc) is 2.96. The van der Waals surface area contributed by atoms with Crippen LogP contribution >= 0.6 is 0 Å². The molecule has 2 heterocycles. The number of pyridine rings is 1. The molecular weight excluding hydrogens is 260 g/mol. The zero-order valence-electron chi connectivity index (χ0n) is 11.7. The van der Waals surface area contributed by atoms with Gasteiger partial charge in [-0.3, -0.25) is 4.79 Å². The van der Waals surface area contributed by atoms with Crippen molar-refractivity contribution in [3.8, 4) is 5.88 Å². The Morgan fingerprint density at radius 2 is 2.30 bits per heavy atom. The van der Waals surface area contributed by atoms with Gasteiger partial charge in [0.2, 0.25) is 5.88 Å². The molecule has 0 saturated carbocycles. The van der Waals surface area contributed by atoms with Crippen LogP contribution in [0, 0.1) is 0 Å². The monoisotopic (exact) mass is 278 g/mol. The third-order valence-electron chi connectivity index (χ3n) is 3.27. The van der Waals surface area contributed by atoms with Gasteiger partial charge in [0.05, 0.1) is 13.7 Å². The van der Waals surface area contributed by atoms with Gasteiger partial charge in [-0.25, -0.2) is 9.78 Å². The largest absolute Gasteiger partial charge is 0.477 e. The van der Waals surface area contributed by atoms with Gasteiger partial charge in [0.15, 0.2) is 0 Å². The van der Waals surface area contributed by atoms with E-state index >= 15 is 0 Å². The van der Waals surface area contributed by atoms with Gasteiger partial charge in [-0.2, -0.15) is 0 Å². The number of esters is 1. The van der Waals surface area contributed by atoms with Crippen LogP contribution < -0.4 is 4.74 Å². The number of ether oxygens (including phenoxy) is 2. The van der Waals surface area contributed by atoms with Crippen LogP contribution in [0.1, 0.15) is 30.1 Å². The molecule has 1 fully saturated rings. The first-order valence-electron chi connectivity index (χ1n) is 6.65. The summed E-state index contributed by atoms with van der Waals surface area (Å²) in [5, 5.41) is 0. The highest BCUT2D eigenvalue weighted by Crippen LogP contribution is 2.24. The van der Waals surface area contributed by atoms with E-state index in [1.807, 2.05) is 6.92 Å². The fourth-order valence-electron chi connectivity index (χ4n) is 2.35. The van der Waals surface area contributed by atoms with Gasteiger partial charge in [-0.15, -0.1) is 0 Å². The number of hydrogen-bond donors (Lipinski definition) is 0. The van der Waals surface area contributed by atoms with Crippen LogP contribution in [-0.4, -0.2) is 48.1 Å². The zero-order chi connectivity index (χ0) is 14.5. The number of nitrogens with zero attached hydrogens (tertiary/aromatic N) is 2. The number of amides is 1. The maximum Gasteiger partial charge on any atom is 0.328 e. The molecule has 20 heavy (non-hydrogen) atoms. The third-order valence-corrected chi connectivity index (χ3v) is 3.27. The summed E-state index contributed by atoms with van der Waals surface area (Å²) >= 11 is 0. The summed E-state index contributed by atoms with van der Waals surface area (Å²) in [4.78, 5) is 29.9. The van der Waals surface area contributed by atoms with E-state index in [0.717, 1.165) is 6.42 Å². The quantitative estimate of drug-likeness (QED) is 0.775. The van der Waals surface area contributed by atoms with Crippen molar-refractivity contribution in [3.05, 3.63) is 23.9 Å². The molecule has 6 heteroatoms. The summed E-state index contributed by atoms with van der Waals surface area (Å²) in [5.41, 5.74) is 0.380. The lowest BCUT2D eigenvalue weighted by molar-refractivity contribution is -0.145. The summed E-state index contributed by atoms with van der Waals surface area (Å²) in [7, 11) is 1.33. The van der Waals surface area contributed by atoms with E-state index in [2.05, 4.69) is 4.98 Å². The van der Waals surface area contributed by atoms with Crippen LogP contribution in [0.15, 0.2) is 18.3 Å². The Balaban J connectivity index is 2.24. The number of carbonyl (C=O) groups excluding carboxylic acids is 2. The number of likely N-dealkylation sites (tertiary alicyclic amines) is 1. The molecule has 1 aromatic heterocycles. The molecule has 0 N–H and O–H groups in total. The predicted molar refractivity (Wildman–Crippen MR) is 71.5 cm³/mol. The van der Waals surface area contributed by atoms with Crippen molar-refractivity contribution in [3.63, 3.8) is 0 Å². The van der Waals surface area contributed by atoms with Crippen LogP contribution in [0.2, 0.25) is 0 Å². The van der Waals surface area contributed by atoms with Gasteiger partial charge in [0, 0.05) is 12.7 Å². The molecule has 6 nitrogen and oxygen atoms in total. The summed E-state index contributed by atoms with van der Waals surface area (Å²) in [5.74, 6) is -0.317. The number of rotatable bonds is 4. The highest BCUT2D eigenvalue weighted by molar-refractivity contribution is 5.98. The average molecular weight is 278 g/mol. The summed E-state index contributed by atoms with van der Waals surface area (Å²) in [6.45, 7) is 2.80. The lowest BCUT2D eigenvalue weighted by Gasteiger charge is -2.23. The van der Waals surface area contributed by atoms with Crippen molar-refractivity contribution in [2.24, 2.45) is 0 Å². The molecule has 1 aliphatic heterocycles. The Morgan fingerprint density at radius 1 is 1.50 bits per heavy atom. The summed E-state index contributed by atoms with van der Waals surface area (Å²) in [6.07, 6.45) is 2.99. The first-order valence-corrected chi connectivity index (χ1v) is 6.65. The molecule has 1 aliphatic rings. The summed E-state index contributed by atoms with van der Waals surface area (Å²) < 4.78 is 10.1. The predicted octanol–water partition coefficient (Wildman–Crippen LogP) is 1.26. The molecule has 1 atom stereocenters. The van der Waals surface area contributed by atoms with Crippen molar-refractivity contribution < 1.29 is 19.1 Å². The Labute approximate surface area is 117 Å². The third kappa shape index (κ3) is 2.74. The molecule has 0 unspecified atom stereocenters. The molecule has 0 aliphatic carbocycles. The van der Waals surface area contributed by atoms with E-state index in [1.165, 1.54) is 12.0 Å². The van der Waals surface area contributed by atoms with Crippen molar-refractivity contribution in [1.82, 2.24) is 9.88 Å². The Kier molecular flexibility index (Phi) is 4.55. The molecule has 1 aromatic rings. The van der Waals surface area contributed by atoms with E-state index in [0.29, 0.717) is 31.0 Å². The maximum absolute atomic E-state index is 12.6. The van der Waals surface area contributed by atoms with E-state index in [-0.39, 0.29) is 11.9 Å². The second-order valence-electron chi connectivity index (χ2n) is 4.47. The van der Waals surface area contributed by atoms with Gasteiger partial charge >= 0.3 is 5.97 Å². The van der Waals surface area contributed by atoms with Gasteiger partial charge in [0.25, 0.3) is 5.91 Å². The molecule has 0 radical (unpaired) electrons. The van der Waals surface area contributed by atoms with Gasteiger partial charge < -0.3 is 14.4 Å². The molecule has 2 rings (SSSR count). The molecule has 1 saturated heterocycles. The van der Waals surface area contributed by atoms with Crippen molar-refractivity contribution >= 4 is 11.9 Å². The summed E-state index contributed by atoms with van der Waals surface area (Å²) in [6, 6.07) is 2.83. The number of methoxy groups -OCH3 is 1. The first-order chi connectivity index (χ1) is 9.69. The second kappa shape index (κ2) is 6.36. The number of aromatic nitrogens is 1. The smallest absolute Gasteiger partial charge is 0.328 e. The minimum Gasteiger partial charge on any atom is -0.477 e. The maximum atomic E-state index is 12.6. The lowest BCUT2D eigenvalue weighted by atomic mass is 10.2. The highest BCUT2D eigenvalue weighted by atomic mass is 16.5. The van der Waals surface area contributed by atoms with E-state index in [9.17, 15) is 9.59 Å². The Morgan fingerprint density at radius 3 is 3.00 bits per heavy atom. The minimum absolute atomic E-state index is 0.241. The normalized spacial score (nSPS) is 17.9. The van der Waals surface area contributed by atoms with Crippen LogP contribution in [0.4, 0.5) is 0 Å². The van der Waals surface area contributed by atoms with E-state index in [1.54, 1.807) is 18.3 Å².